The normalized spacial score (nSPS) is 11.8. The zero-order chi connectivity index (χ0) is 16.1. The van der Waals surface area contributed by atoms with Crippen molar-refractivity contribution >= 4 is 11.7 Å². The summed E-state index contributed by atoms with van der Waals surface area (Å²) in [4.78, 5) is 12.0. The van der Waals surface area contributed by atoms with Crippen molar-refractivity contribution in [3.05, 3.63) is 65.0 Å². The molecule has 0 aliphatic rings. The topological polar surface area (TPSA) is 41.1 Å². The molecular formula is C18H21FN2O. The molecule has 3 nitrogen and oxygen atoms in total. The van der Waals surface area contributed by atoms with Crippen LogP contribution < -0.4 is 10.6 Å². The summed E-state index contributed by atoms with van der Waals surface area (Å²) in [7, 11) is 0. The standard InChI is InChI=1S/C18H21FN2O/c1-4-14-6-8-15(9-7-14)13(3)20-18(22)21-16-10-5-12(2)17(19)11-16/h5-11,13H,4H2,1-3H3,(H2,20,21,22)/t13-/m0/s1. The van der Waals surface area contributed by atoms with E-state index in [-0.39, 0.29) is 17.9 Å². The summed E-state index contributed by atoms with van der Waals surface area (Å²) in [6.45, 7) is 5.70. The summed E-state index contributed by atoms with van der Waals surface area (Å²) in [6.07, 6.45) is 0.988. The Bertz CT molecular complexity index is 653. The molecule has 0 aliphatic heterocycles. The Hall–Kier alpha value is -2.36. The molecule has 0 radical (unpaired) electrons. The van der Waals surface area contributed by atoms with Crippen molar-refractivity contribution in [3.63, 3.8) is 0 Å². The van der Waals surface area contributed by atoms with Gasteiger partial charge in [-0.2, -0.15) is 0 Å². The second-order valence-corrected chi connectivity index (χ2v) is 5.38. The first-order chi connectivity index (χ1) is 10.5. The van der Waals surface area contributed by atoms with Crippen LogP contribution in [-0.4, -0.2) is 6.03 Å². The molecule has 2 rings (SSSR count). The van der Waals surface area contributed by atoms with E-state index in [2.05, 4.69) is 29.7 Å². The molecule has 0 spiro atoms. The SMILES string of the molecule is CCc1ccc([C@H](C)NC(=O)Nc2ccc(C)c(F)c2)cc1. The molecule has 0 heterocycles. The van der Waals surface area contributed by atoms with Gasteiger partial charge in [0.2, 0.25) is 0 Å². The van der Waals surface area contributed by atoms with E-state index in [0.29, 0.717) is 11.3 Å². The molecule has 1 atom stereocenters. The Labute approximate surface area is 130 Å². The van der Waals surface area contributed by atoms with E-state index < -0.39 is 0 Å². The molecule has 0 aliphatic carbocycles. The van der Waals surface area contributed by atoms with Crippen LogP contribution in [0.2, 0.25) is 0 Å². The fourth-order valence-corrected chi connectivity index (χ4v) is 2.16. The molecule has 0 fully saturated rings. The van der Waals surface area contributed by atoms with E-state index in [0.717, 1.165) is 12.0 Å². The van der Waals surface area contributed by atoms with Gasteiger partial charge >= 0.3 is 6.03 Å². The van der Waals surface area contributed by atoms with Crippen molar-refractivity contribution in [2.45, 2.75) is 33.2 Å². The lowest BCUT2D eigenvalue weighted by atomic mass is 10.1. The summed E-state index contributed by atoms with van der Waals surface area (Å²) in [5.41, 5.74) is 3.28. The second kappa shape index (κ2) is 7.07. The lowest BCUT2D eigenvalue weighted by molar-refractivity contribution is 0.249. The number of aryl methyl sites for hydroxylation is 2. The quantitative estimate of drug-likeness (QED) is 0.852. The molecule has 0 saturated heterocycles. The summed E-state index contributed by atoms with van der Waals surface area (Å²) < 4.78 is 13.5. The average molecular weight is 300 g/mol. The minimum Gasteiger partial charge on any atom is -0.331 e. The van der Waals surface area contributed by atoms with Crippen LogP contribution in [0.5, 0.6) is 0 Å². The second-order valence-electron chi connectivity index (χ2n) is 5.38. The Kier molecular flexibility index (Phi) is 5.15. The summed E-state index contributed by atoms with van der Waals surface area (Å²) in [5.74, 6) is -0.332. The number of hydrogen-bond donors (Lipinski definition) is 2. The van der Waals surface area contributed by atoms with E-state index in [1.807, 2.05) is 19.1 Å². The number of benzene rings is 2. The highest BCUT2D eigenvalue weighted by Crippen LogP contribution is 2.16. The lowest BCUT2D eigenvalue weighted by Gasteiger charge is -2.15. The zero-order valence-corrected chi connectivity index (χ0v) is 13.1. The Balaban J connectivity index is 1.96. The number of carbonyl (C=O) groups is 1. The van der Waals surface area contributed by atoms with Crippen LogP contribution >= 0.6 is 0 Å². The summed E-state index contributed by atoms with van der Waals surface area (Å²) in [6, 6.07) is 12.3. The summed E-state index contributed by atoms with van der Waals surface area (Å²) in [5, 5.41) is 5.49. The third-order valence-corrected chi connectivity index (χ3v) is 3.67. The fraction of sp³-hybridized carbons (Fsp3) is 0.278. The molecule has 2 N–H and O–H groups in total. The highest BCUT2D eigenvalue weighted by Gasteiger charge is 2.10. The molecule has 0 unspecified atom stereocenters. The van der Waals surface area contributed by atoms with Crippen LogP contribution in [0.3, 0.4) is 0 Å². The zero-order valence-electron chi connectivity index (χ0n) is 13.1. The number of amides is 2. The Morgan fingerprint density at radius 1 is 1.18 bits per heavy atom. The first-order valence-corrected chi connectivity index (χ1v) is 7.42. The highest BCUT2D eigenvalue weighted by atomic mass is 19.1. The number of anilines is 1. The van der Waals surface area contributed by atoms with Gasteiger partial charge in [0.1, 0.15) is 5.82 Å². The number of halogens is 1. The van der Waals surface area contributed by atoms with Crippen LogP contribution in [0.1, 0.15) is 36.6 Å². The van der Waals surface area contributed by atoms with Crippen molar-refractivity contribution in [1.29, 1.82) is 0 Å². The number of hydrogen-bond acceptors (Lipinski definition) is 1. The van der Waals surface area contributed by atoms with Crippen LogP contribution in [0.15, 0.2) is 42.5 Å². The number of rotatable bonds is 4. The third kappa shape index (κ3) is 4.07. The van der Waals surface area contributed by atoms with Crippen LogP contribution in [0.25, 0.3) is 0 Å². The van der Waals surface area contributed by atoms with Gasteiger partial charge < -0.3 is 10.6 Å². The predicted octanol–water partition coefficient (Wildman–Crippen LogP) is 4.58. The third-order valence-electron chi connectivity index (χ3n) is 3.67. The molecule has 2 aromatic rings. The van der Waals surface area contributed by atoms with E-state index in [1.165, 1.54) is 11.6 Å². The van der Waals surface area contributed by atoms with Gasteiger partial charge in [-0.05, 0) is 49.1 Å². The predicted molar refractivity (Wildman–Crippen MR) is 87.5 cm³/mol. The first-order valence-electron chi connectivity index (χ1n) is 7.42. The van der Waals surface area contributed by atoms with Crippen LogP contribution in [0.4, 0.5) is 14.9 Å². The molecule has 0 aromatic heterocycles. The Morgan fingerprint density at radius 3 is 2.45 bits per heavy atom. The van der Waals surface area contributed by atoms with Gasteiger partial charge in [0, 0.05) is 5.69 Å². The number of urea groups is 1. The van der Waals surface area contributed by atoms with Gasteiger partial charge in [-0.3, -0.25) is 0 Å². The molecule has 2 aromatic carbocycles. The van der Waals surface area contributed by atoms with Gasteiger partial charge in [-0.25, -0.2) is 9.18 Å². The van der Waals surface area contributed by atoms with Gasteiger partial charge in [-0.15, -0.1) is 0 Å². The van der Waals surface area contributed by atoms with Crippen molar-refractivity contribution < 1.29 is 9.18 Å². The maximum absolute atomic E-state index is 13.5. The van der Waals surface area contributed by atoms with Gasteiger partial charge in [-0.1, -0.05) is 37.3 Å². The largest absolute Gasteiger partial charge is 0.331 e. The average Bonchev–Trinajstić information content (AvgIpc) is 2.51. The van der Waals surface area contributed by atoms with Crippen molar-refractivity contribution in [2.24, 2.45) is 0 Å². The van der Waals surface area contributed by atoms with Crippen molar-refractivity contribution in [2.75, 3.05) is 5.32 Å². The van der Waals surface area contributed by atoms with Gasteiger partial charge in [0.05, 0.1) is 6.04 Å². The number of carbonyl (C=O) groups excluding carboxylic acids is 1. The maximum Gasteiger partial charge on any atom is 0.319 e. The minimum absolute atomic E-state index is 0.124. The molecule has 0 saturated carbocycles. The van der Waals surface area contributed by atoms with E-state index in [4.69, 9.17) is 0 Å². The van der Waals surface area contributed by atoms with E-state index in [9.17, 15) is 9.18 Å². The monoisotopic (exact) mass is 300 g/mol. The molecular weight excluding hydrogens is 279 g/mol. The maximum atomic E-state index is 13.5. The fourth-order valence-electron chi connectivity index (χ4n) is 2.16. The first kappa shape index (κ1) is 16.0. The van der Waals surface area contributed by atoms with E-state index in [1.54, 1.807) is 19.1 Å². The Morgan fingerprint density at radius 2 is 1.86 bits per heavy atom. The summed E-state index contributed by atoms with van der Waals surface area (Å²) >= 11 is 0. The molecule has 2 amide bonds. The number of nitrogens with one attached hydrogen (secondary N) is 2. The van der Waals surface area contributed by atoms with Gasteiger partial charge in [0.15, 0.2) is 0 Å². The molecule has 4 heteroatoms. The highest BCUT2D eigenvalue weighted by molar-refractivity contribution is 5.89. The molecule has 0 bridgehead atoms. The van der Waals surface area contributed by atoms with E-state index >= 15 is 0 Å². The smallest absolute Gasteiger partial charge is 0.319 e. The minimum atomic E-state index is -0.352. The van der Waals surface area contributed by atoms with Crippen LogP contribution in [0, 0.1) is 12.7 Å². The van der Waals surface area contributed by atoms with Crippen molar-refractivity contribution in [1.82, 2.24) is 5.32 Å². The molecule has 22 heavy (non-hydrogen) atoms. The molecule has 116 valence electrons. The lowest BCUT2D eigenvalue weighted by Crippen LogP contribution is -2.31. The van der Waals surface area contributed by atoms with Crippen LogP contribution in [-0.2, 0) is 6.42 Å². The van der Waals surface area contributed by atoms with Crippen molar-refractivity contribution in [3.8, 4) is 0 Å². The van der Waals surface area contributed by atoms with Gasteiger partial charge in [0.25, 0.3) is 0 Å².